The average Bonchev–Trinajstić information content (AvgIpc) is 1.81. The summed E-state index contributed by atoms with van der Waals surface area (Å²) in [5.74, 6) is -0.377. The largest absolute Gasteiger partial charge is 0.460 e. The fraction of sp³-hybridized carbons (Fsp3) is 0.700. The van der Waals surface area contributed by atoms with Gasteiger partial charge >= 0.3 is 5.97 Å². The first-order chi connectivity index (χ1) is 5.85. The standard InChI is InChI=1S/C10H18O3/c1-5-6-8(11)7-9(12)13-10(2,3)4/h5-6,8,11H,7H2,1-4H3/b6-5+/t8-/m1/s1. The summed E-state index contributed by atoms with van der Waals surface area (Å²) < 4.78 is 5.02. The lowest BCUT2D eigenvalue weighted by atomic mass is 10.2. The molecule has 0 spiro atoms. The molecule has 0 unspecified atom stereocenters. The molecule has 3 heteroatoms. The van der Waals surface area contributed by atoms with Gasteiger partial charge < -0.3 is 9.84 Å². The smallest absolute Gasteiger partial charge is 0.309 e. The maximum Gasteiger partial charge on any atom is 0.309 e. The molecule has 0 saturated heterocycles. The Labute approximate surface area is 79.4 Å². The van der Waals surface area contributed by atoms with E-state index >= 15 is 0 Å². The summed E-state index contributed by atoms with van der Waals surface area (Å²) in [5.41, 5.74) is -0.479. The molecule has 76 valence electrons. The van der Waals surface area contributed by atoms with Gasteiger partial charge in [-0.1, -0.05) is 12.2 Å². The molecule has 0 aromatic rings. The Hall–Kier alpha value is -0.830. The summed E-state index contributed by atoms with van der Waals surface area (Å²) >= 11 is 0. The van der Waals surface area contributed by atoms with Crippen LogP contribution in [0, 0.1) is 0 Å². The van der Waals surface area contributed by atoms with E-state index in [0.29, 0.717) is 0 Å². The molecular formula is C10H18O3. The van der Waals surface area contributed by atoms with Crippen LogP contribution in [0.5, 0.6) is 0 Å². The van der Waals surface area contributed by atoms with Crippen LogP contribution in [0.4, 0.5) is 0 Å². The molecule has 0 heterocycles. The van der Waals surface area contributed by atoms with E-state index in [4.69, 9.17) is 4.74 Å². The SMILES string of the molecule is C/C=C/[C@@H](O)CC(=O)OC(C)(C)C. The van der Waals surface area contributed by atoms with Crippen LogP contribution < -0.4 is 0 Å². The second-order valence-corrected chi connectivity index (χ2v) is 3.88. The molecule has 1 atom stereocenters. The van der Waals surface area contributed by atoms with Gasteiger partial charge in [0.25, 0.3) is 0 Å². The van der Waals surface area contributed by atoms with Crippen molar-refractivity contribution in [2.75, 3.05) is 0 Å². The van der Waals surface area contributed by atoms with E-state index in [-0.39, 0.29) is 12.4 Å². The van der Waals surface area contributed by atoms with Gasteiger partial charge in [0.05, 0.1) is 12.5 Å². The average molecular weight is 186 g/mol. The number of allylic oxidation sites excluding steroid dienone is 1. The third kappa shape index (κ3) is 7.53. The maximum absolute atomic E-state index is 11.1. The molecule has 13 heavy (non-hydrogen) atoms. The van der Waals surface area contributed by atoms with Crippen LogP contribution >= 0.6 is 0 Å². The first-order valence-electron chi connectivity index (χ1n) is 4.38. The van der Waals surface area contributed by atoms with Gasteiger partial charge in [-0.3, -0.25) is 4.79 Å². The Kier molecular flexibility index (Phi) is 4.70. The molecule has 0 aromatic carbocycles. The van der Waals surface area contributed by atoms with Crippen molar-refractivity contribution in [1.82, 2.24) is 0 Å². The van der Waals surface area contributed by atoms with Crippen molar-refractivity contribution in [2.45, 2.75) is 45.8 Å². The number of carbonyl (C=O) groups excluding carboxylic acids is 1. The fourth-order valence-electron chi connectivity index (χ4n) is 0.844. The number of ether oxygens (including phenoxy) is 1. The lowest BCUT2D eigenvalue weighted by Gasteiger charge is -2.19. The number of hydrogen-bond donors (Lipinski definition) is 1. The van der Waals surface area contributed by atoms with E-state index < -0.39 is 11.7 Å². The molecular weight excluding hydrogens is 168 g/mol. The fourth-order valence-corrected chi connectivity index (χ4v) is 0.844. The first-order valence-corrected chi connectivity index (χ1v) is 4.38. The number of hydrogen-bond acceptors (Lipinski definition) is 3. The molecule has 1 N–H and O–H groups in total. The van der Waals surface area contributed by atoms with Gasteiger partial charge in [0.1, 0.15) is 5.60 Å². The summed E-state index contributed by atoms with van der Waals surface area (Å²) in [4.78, 5) is 11.1. The van der Waals surface area contributed by atoms with Crippen molar-refractivity contribution in [3.8, 4) is 0 Å². The molecule has 0 aliphatic rings. The predicted octanol–water partition coefficient (Wildman–Crippen LogP) is 1.66. The van der Waals surface area contributed by atoms with Gasteiger partial charge in [-0.05, 0) is 27.7 Å². The van der Waals surface area contributed by atoms with Crippen molar-refractivity contribution in [1.29, 1.82) is 0 Å². The number of rotatable bonds is 3. The second kappa shape index (κ2) is 5.02. The number of aliphatic hydroxyl groups excluding tert-OH is 1. The van der Waals surface area contributed by atoms with Gasteiger partial charge in [0.2, 0.25) is 0 Å². The number of aliphatic hydroxyl groups is 1. The highest BCUT2D eigenvalue weighted by atomic mass is 16.6. The highest BCUT2D eigenvalue weighted by Gasteiger charge is 2.17. The zero-order valence-corrected chi connectivity index (χ0v) is 8.70. The van der Waals surface area contributed by atoms with Gasteiger partial charge in [-0.2, -0.15) is 0 Å². The number of esters is 1. The van der Waals surface area contributed by atoms with E-state index in [0.717, 1.165) is 0 Å². The molecule has 0 aliphatic carbocycles. The van der Waals surface area contributed by atoms with Crippen LogP contribution in [0.3, 0.4) is 0 Å². The van der Waals surface area contributed by atoms with E-state index in [9.17, 15) is 9.90 Å². The summed E-state index contributed by atoms with van der Waals surface area (Å²) in [7, 11) is 0. The Bertz CT molecular complexity index is 189. The molecule has 0 rings (SSSR count). The van der Waals surface area contributed by atoms with Crippen molar-refractivity contribution >= 4 is 5.97 Å². The lowest BCUT2D eigenvalue weighted by Crippen LogP contribution is -2.26. The van der Waals surface area contributed by atoms with E-state index in [1.165, 1.54) is 0 Å². The van der Waals surface area contributed by atoms with Crippen LogP contribution in [-0.4, -0.2) is 22.8 Å². The summed E-state index contributed by atoms with van der Waals surface area (Å²) in [6.45, 7) is 7.19. The van der Waals surface area contributed by atoms with Crippen LogP contribution in [0.1, 0.15) is 34.1 Å². The molecule has 0 saturated carbocycles. The van der Waals surface area contributed by atoms with E-state index in [2.05, 4.69) is 0 Å². The van der Waals surface area contributed by atoms with Gasteiger partial charge in [-0.25, -0.2) is 0 Å². The maximum atomic E-state index is 11.1. The number of carbonyl (C=O) groups is 1. The van der Waals surface area contributed by atoms with Crippen LogP contribution in [0.2, 0.25) is 0 Å². The summed E-state index contributed by atoms with van der Waals surface area (Å²) in [5, 5.41) is 9.23. The van der Waals surface area contributed by atoms with Crippen molar-refractivity contribution in [3.05, 3.63) is 12.2 Å². The highest BCUT2D eigenvalue weighted by Crippen LogP contribution is 2.09. The zero-order valence-electron chi connectivity index (χ0n) is 8.70. The third-order valence-corrected chi connectivity index (χ3v) is 1.21. The normalized spacial score (nSPS) is 14.5. The lowest BCUT2D eigenvalue weighted by molar-refractivity contribution is -0.156. The van der Waals surface area contributed by atoms with Gasteiger partial charge in [0.15, 0.2) is 0 Å². The Balaban J connectivity index is 3.88. The van der Waals surface area contributed by atoms with Gasteiger partial charge in [0, 0.05) is 0 Å². The zero-order chi connectivity index (χ0) is 10.5. The molecule has 0 bridgehead atoms. The molecule has 0 amide bonds. The van der Waals surface area contributed by atoms with E-state index in [1.807, 2.05) is 0 Å². The minimum absolute atomic E-state index is 0.0155. The summed E-state index contributed by atoms with van der Waals surface area (Å²) in [6.07, 6.45) is 2.54. The van der Waals surface area contributed by atoms with Crippen molar-refractivity contribution < 1.29 is 14.6 Å². The molecule has 3 nitrogen and oxygen atoms in total. The third-order valence-electron chi connectivity index (χ3n) is 1.21. The topological polar surface area (TPSA) is 46.5 Å². The second-order valence-electron chi connectivity index (χ2n) is 3.88. The van der Waals surface area contributed by atoms with Crippen LogP contribution in [0.25, 0.3) is 0 Å². The van der Waals surface area contributed by atoms with Crippen molar-refractivity contribution in [3.63, 3.8) is 0 Å². The molecule has 0 fully saturated rings. The molecule has 0 radical (unpaired) electrons. The monoisotopic (exact) mass is 186 g/mol. The van der Waals surface area contributed by atoms with Gasteiger partial charge in [-0.15, -0.1) is 0 Å². The first kappa shape index (κ1) is 12.2. The minimum Gasteiger partial charge on any atom is -0.460 e. The summed E-state index contributed by atoms with van der Waals surface area (Å²) in [6, 6.07) is 0. The minimum atomic E-state index is -0.736. The Morgan fingerprint density at radius 3 is 2.46 bits per heavy atom. The van der Waals surface area contributed by atoms with Crippen LogP contribution in [0.15, 0.2) is 12.2 Å². The quantitative estimate of drug-likeness (QED) is 0.538. The Morgan fingerprint density at radius 2 is 2.08 bits per heavy atom. The van der Waals surface area contributed by atoms with Crippen molar-refractivity contribution in [2.24, 2.45) is 0 Å². The van der Waals surface area contributed by atoms with Crippen LogP contribution in [-0.2, 0) is 9.53 Å². The highest BCUT2D eigenvalue weighted by molar-refractivity contribution is 5.70. The Morgan fingerprint density at radius 1 is 1.54 bits per heavy atom. The molecule has 0 aliphatic heterocycles. The predicted molar refractivity (Wildman–Crippen MR) is 51.3 cm³/mol. The van der Waals surface area contributed by atoms with E-state index in [1.54, 1.807) is 39.8 Å². The molecule has 0 aromatic heterocycles.